The molecule has 0 aliphatic carbocycles. The second kappa shape index (κ2) is 6.88. The van der Waals surface area contributed by atoms with E-state index in [9.17, 15) is 4.79 Å². The van der Waals surface area contributed by atoms with Crippen molar-refractivity contribution in [2.75, 3.05) is 13.6 Å². The van der Waals surface area contributed by atoms with Crippen molar-refractivity contribution >= 4 is 18.1 Å². The van der Waals surface area contributed by atoms with Crippen molar-refractivity contribution in [1.82, 2.24) is 10.6 Å². The summed E-state index contributed by atoms with van der Waals surface area (Å²) in [6.07, 6.45) is 1.98. The van der Waals surface area contributed by atoms with Gasteiger partial charge in [-0.15, -0.1) is 0 Å². The van der Waals surface area contributed by atoms with Gasteiger partial charge in [-0.3, -0.25) is 10.2 Å². The van der Waals surface area contributed by atoms with Crippen LogP contribution >= 0.6 is 0 Å². The molecule has 0 amide bonds. The normalized spacial score (nSPS) is 11.5. The van der Waals surface area contributed by atoms with E-state index in [0.29, 0.717) is 19.4 Å². The van der Waals surface area contributed by atoms with Gasteiger partial charge in [-0.2, -0.15) is 0 Å². The minimum atomic E-state index is -0.969. The van der Waals surface area contributed by atoms with Crippen molar-refractivity contribution in [3.05, 3.63) is 0 Å². The second-order valence-electron chi connectivity index (χ2n) is 2.81. The van der Waals surface area contributed by atoms with Gasteiger partial charge in [0, 0.05) is 19.8 Å². The summed E-state index contributed by atoms with van der Waals surface area (Å²) in [6, 6.07) is 0. The van der Waals surface area contributed by atoms with Crippen LogP contribution in [0.3, 0.4) is 0 Å². The quantitative estimate of drug-likeness (QED) is 0.233. The molecule has 0 aromatic rings. The lowest BCUT2D eigenvalue weighted by Crippen LogP contribution is -2.34. The Morgan fingerprint density at radius 2 is 2.29 bits per heavy atom. The van der Waals surface area contributed by atoms with Crippen LogP contribution in [0.5, 0.6) is 0 Å². The largest absolute Gasteiger partial charge is 0.481 e. The highest BCUT2D eigenvalue weighted by atomic mass is 16.4. The van der Waals surface area contributed by atoms with Crippen LogP contribution in [-0.4, -0.2) is 36.8 Å². The van der Waals surface area contributed by atoms with Gasteiger partial charge in [0.05, 0.1) is 5.92 Å². The van der Waals surface area contributed by atoms with Crippen LogP contribution in [-0.2, 0) is 4.79 Å². The van der Waals surface area contributed by atoms with Gasteiger partial charge in [-0.25, -0.2) is 0 Å². The van der Waals surface area contributed by atoms with Crippen LogP contribution in [0.2, 0.25) is 0 Å². The van der Waals surface area contributed by atoms with Crippen molar-refractivity contribution < 1.29 is 9.90 Å². The maximum Gasteiger partial charge on any atom is 0.311 e. The Hall–Kier alpha value is -1.59. The van der Waals surface area contributed by atoms with Gasteiger partial charge in [0.25, 0.3) is 0 Å². The maximum atomic E-state index is 10.5. The molecule has 1 unspecified atom stereocenters. The van der Waals surface area contributed by atoms with Crippen molar-refractivity contribution in [3.63, 3.8) is 0 Å². The SMILES string of the molecule is CNC(=N)NCCCC(C=N)C(=O)O. The molecule has 6 heteroatoms. The molecule has 0 heterocycles. The molecule has 14 heavy (non-hydrogen) atoms. The molecular formula is C8H16N4O2. The Labute approximate surface area is 82.7 Å². The number of aliphatic carboxylic acids is 1. The third-order valence-corrected chi connectivity index (χ3v) is 1.76. The molecule has 0 aliphatic heterocycles. The van der Waals surface area contributed by atoms with Gasteiger partial charge in [-0.1, -0.05) is 0 Å². The van der Waals surface area contributed by atoms with E-state index in [2.05, 4.69) is 10.6 Å². The number of nitrogens with one attached hydrogen (secondary N) is 4. The fraction of sp³-hybridized carbons (Fsp3) is 0.625. The molecule has 5 N–H and O–H groups in total. The Morgan fingerprint density at radius 1 is 1.64 bits per heavy atom. The molecule has 0 radical (unpaired) electrons. The fourth-order valence-electron chi connectivity index (χ4n) is 0.902. The Kier molecular flexibility index (Phi) is 6.09. The number of carboxylic acid groups (broad SMARTS) is 1. The van der Waals surface area contributed by atoms with Crippen LogP contribution < -0.4 is 10.6 Å². The number of carbonyl (C=O) groups is 1. The summed E-state index contributed by atoms with van der Waals surface area (Å²) >= 11 is 0. The third-order valence-electron chi connectivity index (χ3n) is 1.76. The summed E-state index contributed by atoms with van der Waals surface area (Å²) in [5.41, 5.74) is 0. The zero-order valence-electron chi connectivity index (χ0n) is 8.13. The summed E-state index contributed by atoms with van der Waals surface area (Å²) in [7, 11) is 1.63. The highest BCUT2D eigenvalue weighted by molar-refractivity contribution is 5.87. The van der Waals surface area contributed by atoms with Gasteiger partial charge in [0.1, 0.15) is 0 Å². The number of rotatable bonds is 6. The molecule has 0 aromatic carbocycles. The van der Waals surface area contributed by atoms with E-state index in [1.54, 1.807) is 7.05 Å². The summed E-state index contributed by atoms with van der Waals surface area (Å²) in [5.74, 6) is -1.46. The molecule has 0 spiro atoms. The fourth-order valence-corrected chi connectivity index (χ4v) is 0.902. The van der Waals surface area contributed by atoms with Crippen molar-refractivity contribution in [3.8, 4) is 0 Å². The number of guanidine groups is 1. The molecule has 0 aromatic heterocycles. The smallest absolute Gasteiger partial charge is 0.311 e. The molecule has 0 fully saturated rings. The molecule has 0 saturated carbocycles. The van der Waals surface area contributed by atoms with Crippen LogP contribution in [0.25, 0.3) is 0 Å². The Bertz CT molecular complexity index is 217. The molecule has 0 rings (SSSR count). The van der Waals surface area contributed by atoms with Gasteiger partial charge in [-0.05, 0) is 12.8 Å². The van der Waals surface area contributed by atoms with E-state index in [1.807, 2.05) is 0 Å². The summed E-state index contributed by atoms with van der Waals surface area (Å²) < 4.78 is 0. The van der Waals surface area contributed by atoms with Crippen molar-refractivity contribution in [2.24, 2.45) is 5.92 Å². The molecule has 0 aliphatic rings. The minimum Gasteiger partial charge on any atom is -0.481 e. The zero-order chi connectivity index (χ0) is 11.0. The lowest BCUT2D eigenvalue weighted by Gasteiger charge is -2.08. The Balaban J connectivity index is 3.57. The summed E-state index contributed by atoms with van der Waals surface area (Å²) in [4.78, 5) is 10.5. The van der Waals surface area contributed by atoms with E-state index in [0.717, 1.165) is 6.21 Å². The first kappa shape index (κ1) is 12.4. The predicted molar refractivity (Wildman–Crippen MR) is 53.9 cm³/mol. The average molecular weight is 200 g/mol. The van der Waals surface area contributed by atoms with Gasteiger partial charge in [0.2, 0.25) is 0 Å². The maximum absolute atomic E-state index is 10.5. The van der Waals surface area contributed by atoms with Crippen molar-refractivity contribution in [1.29, 1.82) is 10.8 Å². The molecule has 0 saturated heterocycles. The van der Waals surface area contributed by atoms with Crippen LogP contribution in [0, 0.1) is 16.7 Å². The monoisotopic (exact) mass is 200 g/mol. The van der Waals surface area contributed by atoms with Gasteiger partial charge < -0.3 is 21.1 Å². The average Bonchev–Trinajstić information content (AvgIpc) is 2.16. The van der Waals surface area contributed by atoms with Crippen LogP contribution in [0.4, 0.5) is 0 Å². The molecule has 80 valence electrons. The first-order valence-corrected chi connectivity index (χ1v) is 4.35. The highest BCUT2D eigenvalue weighted by Gasteiger charge is 2.12. The van der Waals surface area contributed by atoms with E-state index >= 15 is 0 Å². The van der Waals surface area contributed by atoms with E-state index in [4.69, 9.17) is 15.9 Å². The molecular weight excluding hydrogens is 184 g/mol. The highest BCUT2D eigenvalue weighted by Crippen LogP contribution is 2.02. The zero-order valence-corrected chi connectivity index (χ0v) is 8.13. The van der Waals surface area contributed by atoms with E-state index in [-0.39, 0.29) is 5.96 Å². The first-order chi connectivity index (χ1) is 6.61. The first-order valence-electron chi connectivity index (χ1n) is 4.35. The minimum absolute atomic E-state index is 0.215. The molecule has 1 atom stereocenters. The van der Waals surface area contributed by atoms with Crippen LogP contribution in [0.15, 0.2) is 0 Å². The third kappa shape index (κ3) is 5.13. The summed E-state index contributed by atoms with van der Waals surface area (Å²) in [6.45, 7) is 0.539. The number of hydrogen-bond acceptors (Lipinski definition) is 3. The topological polar surface area (TPSA) is 109 Å². The van der Waals surface area contributed by atoms with Crippen LogP contribution in [0.1, 0.15) is 12.8 Å². The molecule has 6 nitrogen and oxygen atoms in total. The molecule has 0 bridgehead atoms. The Morgan fingerprint density at radius 3 is 2.71 bits per heavy atom. The summed E-state index contributed by atoms with van der Waals surface area (Å²) in [5, 5.41) is 28.0. The predicted octanol–water partition coefficient (Wildman–Crippen LogP) is -0.139. The lowest BCUT2D eigenvalue weighted by atomic mass is 10.1. The number of hydrogen-bond donors (Lipinski definition) is 5. The second-order valence-corrected chi connectivity index (χ2v) is 2.81. The van der Waals surface area contributed by atoms with Gasteiger partial charge in [0.15, 0.2) is 5.96 Å². The standard InChI is InChI=1S/C8H16N4O2/c1-11-8(10)12-4-2-3-6(5-9)7(13)14/h5-6,9H,2-4H2,1H3,(H,13,14)(H3,10,11,12). The van der Waals surface area contributed by atoms with E-state index < -0.39 is 11.9 Å². The number of carboxylic acids is 1. The van der Waals surface area contributed by atoms with E-state index in [1.165, 1.54) is 0 Å². The van der Waals surface area contributed by atoms with Crippen molar-refractivity contribution in [2.45, 2.75) is 12.8 Å². The lowest BCUT2D eigenvalue weighted by molar-refractivity contribution is -0.139. The van der Waals surface area contributed by atoms with Gasteiger partial charge >= 0.3 is 5.97 Å².